The normalized spacial score (nSPS) is 38.0. The summed E-state index contributed by atoms with van der Waals surface area (Å²) < 4.78 is 5.37. The minimum absolute atomic E-state index is 0.130. The van der Waals surface area contributed by atoms with Crippen LogP contribution in [0.4, 0.5) is 4.79 Å². The van der Waals surface area contributed by atoms with E-state index in [0.717, 1.165) is 25.9 Å². The number of nitrogens with zero attached hydrogens (tertiary/aromatic N) is 1. The van der Waals surface area contributed by atoms with Gasteiger partial charge in [0.15, 0.2) is 0 Å². The third-order valence-corrected chi connectivity index (χ3v) is 7.24. The van der Waals surface area contributed by atoms with Crippen molar-refractivity contribution in [1.29, 1.82) is 0 Å². The number of fused-ring (bicyclic) bond motifs is 2. The Bertz CT molecular complexity index is 527. The van der Waals surface area contributed by atoms with Gasteiger partial charge in [0.25, 0.3) is 0 Å². The van der Waals surface area contributed by atoms with Crippen molar-refractivity contribution >= 4 is 12.0 Å². The highest BCUT2D eigenvalue weighted by Gasteiger charge is 2.56. The highest BCUT2D eigenvalue weighted by Crippen LogP contribution is 2.58. The van der Waals surface area contributed by atoms with Crippen LogP contribution in [0.3, 0.4) is 0 Å². The molecule has 1 aliphatic carbocycles. The molecule has 24 heavy (non-hydrogen) atoms. The molecule has 2 amide bonds. The third kappa shape index (κ3) is 2.68. The number of hydrogen-bond acceptors (Lipinski definition) is 3. The molecule has 6 heteroatoms. The molecule has 3 aliphatic rings. The van der Waals surface area contributed by atoms with Crippen LogP contribution in [0.15, 0.2) is 0 Å². The number of carbonyl (C=O) groups is 2. The van der Waals surface area contributed by atoms with Crippen LogP contribution < -0.4 is 5.32 Å². The van der Waals surface area contributed by atoms with Crippen LogP contribution in [0, 0.1) is 22.2 Å². The van der Waals surface area contributed by atoms with E-state index in [1.165, 1.54) is 6.42 Å². The van der Waals surface area contributed by atoms with Gasteiger partial charge in [-0.2, -0.15) is 0 Å². The maximum atomic E-state index is 12.7. The third-order valence-electron chi connectivity index (χ3n) is 7.24. The van der Waals surface area contributed by atoms with Gasteiger partial charge in [-0.3, -0.25) is 4.79 Å². The first-order valence-corrected chi connectivity index (χ1v) is 9.04. The molecule has 2 saturated heterocycles. The summed E-state index contributed by atoms with van der Waals surface area (Å²) in [5.41, 5.74) is -0.583. The lowest BCUT2D eigenvalue weighted by Crippen LogP contribution is -2.57. The number of carbonyl (C=O) groups excluding carboxylic acids is 1. The summed E-state index contributed by atoms with van der Waals surface area (Å²) in [6.07, 6.45) is 3.59. The molecule has 1 unspecified atom stereocenters. The number of urea groups is 1. The first-order valence-electron chi connectivity index (χ1n) is 9.04. The second-order valence-electron chi connectivity index (χ2n) is 8.80. The fourth-order valence-corrected chi connectivity index (χ4v) is 4.77. The highest BCUT2D eigenvalue weighted by molar-refractivity contribution is 5.78. The largest absolute Gasteiger partial charge is 0.481 e. The number of carboxylic acids is 1. The van der Waals surface area contributed by atoms with Gasteiger partial charge in [0.05, 0.1) is 6.61 Å². The fourth-order valence-electron chi connectivity index (χ4n) is 4.77. The molecule has 3 fully saturated rings. The second-order valence-corrected chi connectivity index (χ2v) is 8.80. The number of piperidine rings is 1. The number of amides is 2. The molecule has 6 nitrogen and oxygen atoms in total. The lowest BCUT2D eigenvalue weighted by atomic mass is 9.63. The number of nitrogens with one attached hydrogen (secondary N) is 1. The van der Waals surface area contributed by atoms with E-state index >= 15 is 0 Å². The summed E-state index contributed by atoms with van der Waals surface area (Å²) >= 11 is 0. The van der Waals surface area contributed by atoms with Gasteiger partial charge in [0.1, 0.15) is 5.41 Å². The van der Waals surface area contributed by atoms with Crippen molar-refractivity contribution in [1.82, 2.24) is 10.2 Å². The Balaban J connectivity index is 1.63. The molecule has 136 valence electrons. The zero-order valence-electron chi connectivity index (χ0n) is 15.1. The second kappa shape index (κ2) is 5.90. The Morgan fingerprint density at radius 1 is 1.29 bits per heavy atom. The maximum Gasteiger partial charge on any atom is 0.317 e. The lowest BCUT2D eigenvalue weighted by molar-refractivity contribution is -0.156. The number of ether oxygens (including phenoxy) is 1. The van der Waals surface area contributed by atoms with Gasteiger partial charge in [-0.1, -0.05) is 20.8 Å². The average molecular weight is 338 g/mol. The molecule has 2 heterocycles. The van der Waals surface area contributed by atoms with Gasteiger partial charge >= 0.3 is 12.0 Å². The lowest BCUT2D eigenvalue weighted by Gasteiger charge is -2.50. The standard InChI is InChI=1S/C18H30N2O4/c1-16(2)13-5-7-17(16,3)11-20(9-13)15(23)19-10-18(14(21)22)6-4-8-24-12-18/h13H,4-12H2,1-3H3,(H,19,23)(H,21,22)/t13-,17+,18?/m1/s1. The monoisotopic (exact) mass is 338 g/mol. The van der Waals surface area contributed by atoms with Crippen molar-refractivity contribution < 1.29 is 19.4 Å². The van der Waals surface area contributed by atoms with Crippen LogP contribution in [-0.2, 0) is 9.53 Å². The predicted octanol–water partition coefficient (Wildman–Crippen LogP) is 2.34. The van der Waals surface area contributed by atoms with E-state index in [2.05, 4.69) is 26.1 Å². The van der Waals surface area contributed by atoms with Crippen LogP contribution >= 0.6 is 0 Å². The Morgan fingerprint density at radius 3 is 2.62 bits per heavy atom. The smallest absolute Gasteiger partial charge is 0.317 e. The van der Waals surface area contributed by atoms with Gasteiger partial charge in [0, 0.05) is 26.2 Å². The van der Waals surface area contributed by atoms with Crippen molar-refractivity contribution in [3.05, 3.63) is 0 Å². The summed E-state index contributed by atoms with van der Waals surface area (Å²) in [6.45, 7) is 9.35. The molecule has 0 aromatic rings. The molecule has 2 N–H and O–H groups in total. The SMILES string of the molecule is CC1(C)[C@@H]2CC[C@@]1(C)CN(C(=O)NCC1(C(=O)O)CCCOC1)C2. The number of carboxylic acid groups (broad SMARTS) is 1. The van der Waals surface area contributed by atoms with Crippen LogP contribution in [-0.4, -0.2) is 54.9 Å². The van der Waals surface area contributed by atoms with Crippen molar-refractivity contribution in [2.75, 3.05) is 32.8 Å². The Kier molecular flexibility index (Phi) is 4.31. The zero-order chi connectivity index (χ0) is 17.6. The summed E-state index contributed by atoms with van der Waals surface area (Å²) in [7, 11) is 0. The van der Waals surface area contributed by atoms with Gasteiger partial charge < -0.3 is 20.1 Å². The highest BCUT2D eigenvalue weighted by atomic mass is 16.5. The average Bonchev–Trinajstić information content (AvgIpc) is 2.69. The molecule has 0 spiro atoms. The number of aliphatic carboxylic acids is 1. The van der Waals surface area contributed by atoms with E-state index in [1.54, 1.807) is 0 Å². The molecular weight excluding hydrogens is 308 g/mol. The minimum atomic E-state index is -0.980. The molecule has 0 radical (unpaired) electrons. The zero-order valence-corrected chi connectivity index (χ0v) is 15.1. The quantitative estimate of drug-likeness (QED) is 0.828. The van der Waals surface area contributed by atoms with Crippen molar-refractivity contribution in [2.24, 2.45) is 22.2 Å². The number of likely N-dealkylation sites (tertiary alicyclic amines) is 1. The Morgan fingerprint density at radius 2 is 2.04 bits per heavy atom. The van der Waals surface area contributed by atoms with Crippen molar-refractivity contribution in [3.8, 4) is 0 Å². The molecule has 2 aliphatic heterocycles. The molecule has 3 rings (SSSR count). The predicted molar refractivity (Wildman–Crippen MR) is 89.7 cm³/mol. The summed E-state index contributed by atoms with van der Waals surface area (Å²) in [4.78, 5) is 26.2. The van der Waals surface area contributed by atoms with Gasteiger partial charge in [0.2, 0.25) is 0 Å². The van der Waals surface area contributed by atoms with E-state index in [-0.39, 0.29) is 30.0 Å². The van der Waals surface area contributed by atoms with Crippen molar-refractivity contribution in [3.63, 3.8) is 0 Å². The van der Waals surface area contributed by atoms with E-state index in [4.69, 9.17) is 4.74 Å². The molecule has 0 aromatic heterocycles. The van der Waals surface area contributed by atoms with Crippen LogP contribution in [0.2, 0.25) is 0 Å². The van der Waals surface area contributed by atoms with Crippen molar-refractivity contribution in [2.45, 2.75) is 46.5 Å². The molecule has 0 aromatic carbocycles. The minimum Gasteiger partial charge on any atom is -0.481 e. The van der Waals surface area contributed by atoms with Gasteiger partial charge in [-0.05, 0) is 42.4 Å². The maximum absolute atomic E-state index is 12.7. The van der Waals surface area contributed by atoms with Gasteiger partial charge in [-0.25, -0.2) is 4.79 Å². The van der Waals surface area contributed by atoms with E-state index in [9.17, 15) is 14.7 Å². The van der Waals surface area contributed by atoms with E-state index < -0.39 is 11.4 Å². The summed E-state index contributed by atoms with van der Waals surface area (Å²) in [5, 5.41) is 12.5. The van der Waals surface area contributed by atoms with E-state index in [1.807, 2.05) is 4.90 Å². The number of hydrogen-bond donors (Lipinski definition) is 2. The number of rotatable bonds is 3. The molecule has 3 atom stereocenters. The Hall–Kier alpha value is -1.30. The van der Waals surface area contributed by atoms with Gasteiger partial charge in [-0.15, -0.1) is 0 Å². The van der Waals surface area contributed by atoms with Crippen LogP contribution in [0.5, 0.6) is 0 Å². The fraction of sp³-hybridized carbons (Fsp3) is 0.889. The first-order chi connectivity index (χ1) is 11.2. The molecule has 1 saturated carbocycles. The Labute approximate surface area is 143 Å². The van der Waals surface area contributed by atoms with Crippen LogP contribution in [0.25, 0.3) is 0 Å². The summed E-state index contributed by atoms with van der Waals surface area (Å²) in [6, 6.07) is -0.130. The summed E-state index contributed by atoms with van der Waals surface area (Å²) in [5.74, 6) is -0.359. The molecule has 2 bridgehead atoms. The van der Waals surface area contributed by atoms with E-state index in [0.29, 0.717) is 18.9 Å². The molecular formula is C18H30N2O4. The topological polar surface area (TPSA) is 78.9 Å². The van der Waals surface area contributed by atoms with Crippen LogP contribution in [0.1, 0.15) is 46.5 Å². The first kappa shape index (κ1) is 17.5.